The number of hydrogen-bond acceptors (Lipinski definition) is 4. The first-order valence-electron chi connectivity index (χ1n) is 8.30. The molecule has 1 aromatic carbocycles. The summed E-state index contributed by atoms with van der Waals surface area (Å²) in [6.45, 7) is 3.34. The summed E-state index contributed by atoms with van der Waals surface area (Å²) < 4.78 is 13.5. The lowest BCUT2D eigenvalue weighted by molar-refractivity contribution is 0.0948. The molecule has 0 bridgehead atoms. The van der Waals surface area contributed by atoms with Crippen LogP contribution in [-0.2, 0) is 6.42 Å². The molecule has 0 unspecified atom stereocenters. The summed E-state index contributed by atoms with van der Waals surface area (Å²) in [4.78, 5) is 12.0. The summed E-state index contributed by atoms with van der Waals surface area (Å²) in [7, 11) is 0. The van der Waals surface area contributed by atoms with E-state index in [4.69, 9.17) is 0 Å². The van der Waals surface area contributed by atoms with Gasteiger partial charge in [0.15, 0.2) is 5.69 Å². The minimum Gasteiger partial charge on any atom is -0.369 e. The van der Waals surface area contributed by atoms with Gasteiger partial charge in [-0.25, -0.2) is 4.39 Å². The molecule has 24 heavy (non-hydrogen) atoms. The molecule has 1 amide bonds. The molecule has 0 atom stereocenters. The zero-order chi connectivity index (χ0) is 17.2. The predicted octanol–water partition coefficient (Wildman–Crippen LogP) is 3.19. The highest BCUT2D eigenvalue weighted by molar-refractivity contribution is 5.92. The van der Waals surface area contributed by atoms with Gasteiger partial charge in [0.05, 0.1) is 0 Å². The number of nitrogens with one attached hydrogen (secondary N) is 2. The minimum absolute atomic E-state index is 0.252. The van der Waals surface area contributed by atoms with Gasteiger partial charge in [-0.2, -0.15) is 0 Å². The third kappa shape index (κ3) is 5.61. The van der Waals surface area contributed by atoms with Gasteiger partial charge in [-0.3, -0.25) is 4.79 Å². The molecule has 1 aromatic heterocycles. The number of aromatic nitrogens is 2. The third-order valence-corrected chi connectivity index (χ3v) is 3.62. The maximum Gasteiger partial charge on any atom is 0.271 e. The van der Waals surface area contributed by atoms with Gasteiger partial charge in [0, 0.05) is 13.1 Å². The van der Waals surface area contributed by atoms with E-state index in [0.29, 0.717) is 24.3 Å². The molecule has 0 saturated heterocycles. The summed E-state index contributed by atoms with van der Waals surface area (Å²) in [6.07, 6.45) is 3.85. The van der Waals surface area contributed by atoms with Crippen LogP contribution in [0.25, 0.3) is 0 Å². The number of carbonyl (C=O) groups excluding carboxylic acids is 1. The lowest BCUT2D eigenvalue weighted by Gasteiger charge is -2.07. The molecule has 0 spiro atoms. The van der Waals surface area contributed by atoms with Crippen molar-refractivity contribution >= 4 is 11.7 Å². The van der Waals surface area contributed by atoms with Gasteiger partial charge in [-0.15, -0.1) is 10.2 Å². The molecule has 6 heteroatoms. The van der Waals surface area contributed by atoms with E-state index in [-0.39, 0.29) is 17.4 Å². The largest absolute Gasteiger partial charge is 0.369 e. The molecule has 0 fully saturated rings. The van der Waals surface area contributed by atoms with Crippen molar-refractivity contribution in [2.24, 2.45) is 0 Å². The van der Waals surface area contributed by atoms with Crippen LogP contribution in [0.15, 0.2) is 36.4 Å². The van der Waals surface area contributed by atoms with Crippen molar-refractivity contribution in [2.75, 3.05) is 18.4 Å². The van der Waals surface area contributed by atoms with Gasteiger partial charge in [-0.05, 0) is 36.6 Å². The second-order valence-corrected chi connectivity index (χ2v) is 5.54. The van der Waals surface area contributed by atoms with E-state index in [2.05, 4.69) is 27.8 Å². The molecule has 2 N–H and O–H groups in total. The summed E-state index contributed by atoms with van der Waals surface area (Å²) >= 11 is 0. The Morgan fingerprint density at radius 3 is 2.62 bits per heavy atom. The summed E-state index contributed by atoms with van der Waals surface area (Å²) in [5, 5.41) is 13.8. The van der Waals surface area contributed by atoms with Gasteiger partial charge in [0.1, 0.15) is 11.6 Å². The molecular weight excluding hydrogens is 307 g/mol. The van der Waals surface area contributed by atoms with Crippen LogP contribution >= 0.6 is 0 Å². The summed E-state index contributed by atoms with van der Waals surface area (Å²) in [5.41, 5.74) is 0.832. The SMILES string of the molecule is CCCCCNc1ccc(C(=O)NCCc2ccccc2F)nn1. The highest BCUT2D eigenvalue weighted by Crippen LogP contribution is 2.07. The van der Waals surface area contributed by atoms with E-state index in [0.717, 1.165) is 13.0 Å². The smallest absolute Gasteiger partial charge is 0.271 e. The number of anilines is 1. The molecule has 0 aliphatic carbocycles. The second kappa shape index (κ2) is 9.60. The molecule has 5 nitrogen and oxygen atoms in total. The van der Waals surface area contributed by atoms with Crippen molar-refractivity contribution < 1.29 is 9.18 Å². The van der Waals surface area contributed by atoms with E-state index in [1.165, 1.54) is 18.9 Å². The lowest BCUT2D eigenvalue weighted by atomic mass is 10.1. The molecular formula is C18H23FN4O. The van der Waals surface area contributed by atoms with Crippen LogP contribution in [0.4, 0.5) is 10.2 Å². The van der Waals surface area contributed by atoms with E-state index in [1.807, 2.05) is 0 Å². The fraction of sp³-hybridized carbons (Fsp3) is 0.389. The third-order valence-electron chi connectivity index (χ3n) is 3.62. The Morgan fingerprint density at radius 1 is 1.08 bits per heavy atom. The molecule has 0 aliphatic rings. The van der Waals surface area contributed by atoms with Gasteiger partial charge < -0.3 is 10.6 Å². The second-order valence-electron chi connectivity index (χ2n) is 5.54. The van der Waals surface area contributed by atoms with Gasteiger partial charge >= 0.3 is 0 Å². The highest BCUT2D eigenvalue weighted by Gasteiger charge is 2.08. The normalized spacial score (nSPS) is 10.4. The molecule has 0 radical (unpaired) electrons. The number of halogens is 1. The maximum absolute atomic E-state index is 13.5. The number of carbonyl (C=O) groups is 1. The van der Waals surface area contributed by atoms with Crippen molar-refractivity contribution in [3.05, 3.63) is 53.5 Å². The summed E-state index contributed by atoms with van der Waals surface area (Å²) in [6, 6.07) is 9.91. The predicted molar refractivity (Wildman–Crippen MR) is 92.5 cm³/mol. The Labute approximate surface area is 141 Å². The monoisotopic (exact) mass is 330 g/mol. The van der Waals surface area contributed by atoms with E-state index in [9.17, 15) is 9.18 Å². The van der Waals surface area contributed by atoms with Crippen LogP contribution < -0.4 is 10.6 Å². The zero-order valence-corrected chi connectivity index (χ0v) is 13.9. The van der Waals surface area contributed by atoms with E-state index in [1.54, 1.807) is 30.3 Å². The molecule has 128 valence electrons. The number of benzene rings is 1. The Morgan fingerprint density at radius 2 is 1.92 bits per heavy atom. The maximum atomic E-state index is 13.5. The van der Waals surface area contributed by atoms with Crippen LogP contribution in [0.5, 0.6) is 0 Å². The zero-order valence-electron chi connectivity index (χ0n) is 13.9. The number of hydrogen-bond donors (Lipinski definition) is 2. The molecule has 0 saturated carbocycles. The summed E-state index contributed by atoms with van der Waals surface area (Å²) in [5.74, 6) is 0.0930. The van der Waals surface area contributed by atoms with E-state index < -0.39 is 0 Å². The van der Waals surface area contributed by atoms with Crippen LogP contribution in [-0.4, -0.2) is 29.2 Å². The van der Waals surface area contributed by atoms with Crippen LogP contribution in [0.3, 0.4) is 0 Å². The first-order chi connectivity index (χ1) is 11.7. The quantitative estimate of drug-likeness (QED) is 0.693. The van der Waals surface area contributed by atoms with Crippen molar-refractivity contribution in [3.63, 3.8) is 0 Å². The van der Waals surface area contributed by atoms with Gasteiger partial charge in [0.2, 0.25) is 0 Å². The number of amides is 1. The topological polar surface area (TPSA) is 66.9 Å². The number of rotatable bonds is 9. The average Bonchev–Trinajstić information content (AvgIpc) is 2.61. The van der Waals surface area contributed by atoms with Gasteiger partial charge in [-0.1, -0.05) is 38.0 Å². The Balaban J connectivity index is 1.77. The molecule has 0 aliphatic heterocycles. The fourth-order valence-electron chi connectivity index (χ4n) is 2.24. The van der Waals surface area contributed by atoms with Gasteiger partial charge in [0.25, 0.3) is 5.91 Å². The lowest BCUT2D eigenvalue weighted by Crippen LogP contribution is -2.27. The van der Waals surface area contributed by atoms with Crippen molar-refractivity contribution in [2.45, 2.75) is 32.6 Å². The minimum atomic E-state index is -0.309. The first-order valence-corrected chi connectivity index (χ1v) is 8.30. The Bertz CT molecular complexity index is 646. The van der Waals surface area contributed by atoms with Crippen molar-refractivity contribution in [1.82, 2.24) is 15.5 Å². The number of unbranched alkanes of at least 4 members (excludes halogenated alkanes) is 2. The first kappa shape index (κ1) is 17.8. The van der Waals surface area contributed by atoms with Crippen LogP contribution in [0.1, 0.15) is 42.2 Å². The van der Waals surface area contributed by atoms with Crippen molar-refractivity contribution in [1.29, 1.82) is 0 Å². The molecule has 2 aromatic rings. The van der Waals surface area contributed by atoms with Crippen LogP contribution in [0, 0.1) is 5.82 Å². The average molecular weight is 330 g/mol. The Hall–Kier alpha value is -2.50. The van der Waals surface area contributed by atoms with Crippen molar-refractivity contribution in [3.8, 4) is 0 Å². The number of nitrogens with zero attached hydrogens (tertiary/aromatic N) is 2. The Kier molecular flexibility index (Phi) is 7.14. The standard InChI is InChI=1S/C18H23FN4O/c1-2-3-6-12-20-17-10-9-16(22-23-17)18(24)21-13-11-14-7-4-5-8-15(14)19/h4-5,7-10H,2-3,6,11-13H2,1H3,(H,20,23)(H,21,24). The molecule has 1 heterocycles. The fourth-order valence-corrected chi connectivity index (χ4v) is 2.24. The highest BCUT2D eigenvalue weighted by atomic mass is 19.1. The van der Waals surface area contributed by atoms with Crippen LogP contribution in [0.2, 0.25) is 0 Å². The molecule has 2 rings (SSSR count). The van der Waals surface area contributed by atoms with E-state index >= 15 is 0 Å².